The molecule has 0 aromatic carbocycles. The molecule has 5 heteroatoms. The van der Waals surface area contributed by atoms with Crippen LogP contribution in [0.15, 0.2) is 16.0 Å². The van der Waals surface area contributed by atoms with E-state index < -0.39 is 5.41 Å². The minimum atomic E-state index is -0.438. The van der Waals surface area contributed by atoms with Gasteiger partial charge in [-0.1, -0.05) is 20.8 Å². The summed E-state index contributed by atoms with van der Waals surface area (Å²) in [5.74, 6) is 0. The number of thioether (sulfide) groups is 1. The maximum atomic E-state index is 11.7. The molecule has 0 radical (unpaired) electrons. The summed E-state index contributed by atoms with van der Waals surface area (Å²) in [4.78, 5) is 29.4. The lowest BCUT2D eigenvalue weighted by Gasteiger charge is -2.14. The third-order valence-electron chi connectivity index (χ3n) is 1.65. The highest BCUT2D eigenvalue weighted by molar-refractivity contribution is 8.13. The zero-order chi connectivity index (χ0) is 11.6. The van der Waals surface area contributed by atoms with Crippen molar-refractivity contribution in [2.24, 2.45) is 5.41 Å². The Morgan fingerprint density at radius 3 is 2.53 bits per heavy atom. The van der Waals surface area contributed by atoms with Crippen LogP contribution in [0.1, 0.15) is 26.5 Å². The lowest BCUT2D eigenvalue weighted by Crippen LogP contribution is -2.18. The Morgan fingerprint density at radius 2 is 2.07 bits per heavy atom. The van der Waals surface area contributed by atoms with Crippen molar-refractivity contribution in [2.45, 2.75) is 32.9 Å². The molecule has 0 aliphatic carbocycles. The van der Waals surface area contributed by atoms with Crippen molar-refractivity contribution in [1.82, 2.24) is 9.97 Å². The van der Waals surface area contributed by atoms with Gasteiger partial charge in [0.15, 0.2) is 5.16 Å². The smallest absolute Gasteiger partial charge is 0.251 e. The number of aryl methyl sites for hydroxylation is 1. The van der Waals surface area contributed by atoms with Crippen LogP contribution < -0.4 is 5.56 Å². The van der Waals surface area contributed by atoms with Gasteiger partial charge in [-0.3, -0.25) is 9.59 Å². The second kappa shape index (κ2) is 4.18. The summed E-state index contributed by atoms with van der Waals surface area (Å²) in [5.41, 5.74) is -0.0536. The van der Waals surface area contributed by atoms with Crippen molar-refractivity contribution in [3.63, 3.8) is 0 Å². The molecule has 0 bridgehead atoms. The molecule has 0 aliphatic rings. The Morgan fingerprint density at radius 1 is 1.47 bits per heavy atom. The fourth-order valence-electron chi connectivity index (χ4n) is 0.841. The number of rotatable bonds is 1. The average Bonchev–Trinajstić information content (AvgIpc) is 1.99. The molecule has 0 saturated carbocycles. The summed E-state index contributed by atoms with van der Waals surface area (Å²) >= 11 is 0.973. The minimum absolute atomic E-state index is 0.0174. The van der Waals surface area contributed by atoms with Crippen LogP contribution in [-0.4, -0.2) is 15.1 Å². The van der Waals surface area contributed by atoms with Crippen LogP contribution in [0.2, 0.25) is 0 Å². The van der Waals surface area contributed by atoms with Crippen LogP contribution in [0.3, 0.4) is 0 Å². The van der Waals surface area contributed by atoms with Gasteiger partial charge in [0.1, 0.15) is 0 Å². The van der Waals surface area contributed by atoms with Gasteiger partial charge in [0.2, 0.25) is 5.12 Å². The first-order chi connectivity index (χ1) is 6.79. The fraction of sp³-hybridized carbons (Fsp3) is 0.500. The van der Waals surface area contributed by atoms with E-state index in [9.17, 15) is 9.59 Å². The van der Waals surface area contributed by atoms with Gasteiger partial charge in [0.25, 0.3) is 5.56 Å². The molecule has 1 rings (SSSR count). The van der Waals surface area contributed by atoms with Crippen LogP contribution in [-0.2, 0) is 4.79 Å². The molecule has 1 aromatic heterocycles. The molecule has 0 saturated heterocycles. The van der Waals surface area contributed by atoms with Crippen LogP contribution >= 0.6 is 11.8 Å². The summed E-state index contributed by atoms with van der Waals surface area (Å²) in [7, 11) is 0. The van der Waals surface area contributed by atoms with E-state index >= 15 is 0 Å². The zero-order valence-corrected chi connectivity index (χ0v) is 10.1. The van der Waals surface area contributed by atoms with Crippen molar-refractivity contribution >= 4 is 16.9 Å². The lowest BCUT2D eigenvalue weighted by molar-refractivity contribution is -0.117. The molecular weight excluding hydrogens is 212 g/mol. The number of hydrogen-bond donors (Lipinski definition) is 1. The van der Waals surface area contributed by atoms with Crippen molar-refractivity contribution in [3.8, 4) is 0 Å². The maximum absolute atomic E-state index is 11.7. The number of aromatic nitrogens is 2. The summed E-state index contributed by atoms with van der Waals surface area (Å²) in [6, 6.07) is 1.39. The normalized spacial score (nSPS) is 11.5. The maximum Gasteiger partial charge on any atom is 0.251 e. The minimum Gasteiger partial charge on any atom is -0.301 e. The molecule has 0 atom stereocenters. The molecule has 0 fully saturated rings. The van der Waals surface area contributed by atoms with E-state index in [1.54, 1.807) is 6.92 Å². The van der Waals surface area contributed by atoms with Gasteiger partial charge in [-0.15, -0.1) is 0 Å². The predicted octanol–water partition coefficient (Wildman–Crippen LogP) is 1.74. The number of nitrogens with zero attached hydrogens (tertiary/aromatic N) is 1. The Hall–Kier alpha value is -1.10. The van der Waals surface area contributed by atoms with E-state index in [0.29, 0.717) is 10.9 Å². The van der Waals surface area contributed by atoms with Crippen LogP contribution in [0.5, 0.6) is 0 Å². The van der Waals surface area contributed by atoms with Gasteiger partial charge in [0, 0.05) is 17.2 Å². The first-order valence-electron chi connectivity index (χ1n) is 4.59. The molecule has 15 heavy (non-hydrogen) atoms. The van der Waals surface area contributed by atoms with E-state index in [2.05, 4.69) is 9.97 Å². The van der Waals surface area contributed by atoms with Crippen molar-refractivity contribution in [1.29, 1.82) is 0 Å². The third kappa shape index (κ3) is 3.51. The predicted molar refractivity (Wildman–Crippen MR) is 59.9 cm³/mol. The molecule has 1 aromatic rings. The highest BCUT2D eigenvalue weighted by atomic mass is 32.2. The molecule has 0 unspecified atom stereocenters. The lowest BCUT2D eigenvalue weighted by atomic mass is 10.00. The van der Waals surface area contributed by atoms with Crippen LogP contribution in [0, 0.1) is 12.3 Å². The first-order valence-corrected chi connectivity index (χ1v) is 5.41. The SMILES string of the molecule is Cc1cc(=O)[nH]c(SC(=O)C(C)(C)C)n1. The van der Waals surface area contributed by atoms with Gasteiger partial charge in [-0.25, -0.2) is 4.98 Å². The summed E-state index contributed by atoms with van der Waals surface area (Å²) in [6.07, 6.45) is 0. The highest BCUT2D eigenvalue weighted by Gasteiger charge is 2.23. The topological polar surface area (TPSA) is 62.8 Å². The summed E-state index contributed by atoms with van der Waals surface area (Å²) in [5, 5.41) is 0.344. The molecule has 1 N–H and O–H groups in total. The largest absolute Gasteiger partial charge is 0.301 e. The quantitative estimate of drug-likeness (QED) is 0.585. The standard InChI is InChI=1S/C10H14N2O2S/c1-6-5-7(13)12-9(11-6)15-8(14)10(2,3)4/h5H,1-4H3,(H,11,12,13). The Labute approximate surface area is 92.5 Å². The second-order valence-corrected chi connectivity index (χ2v) is 5.29. The van der Waals surface area contributed by atoms with Gasteiger partial charge in [-0.2, -0.15) is 0 Å². The molecular formula is C10H14N2O2S. The van der Waals surface area contributed by atoms with E-state index in [-0.39, 0.29) is 10.7 Å². The number of hydrogen-bond acceptors (Lipinski definition) is 4. The fourth-order valence-corrected chi connectivity index (χ4v) is 1.66. The highest BCUT2D eigenvalue weighted by Crippen LogP contribution is 2.26. The van der Waals surface area contributed by atoms with Gasteiger partial charge in [0.05, 0.1) is 0 Å². The van der Waals surface area contributed by atoms with Crippen molar-refractivity contribution in [2.75, 3.05) is 0 Å². The Kier molecular flexibility index (Phi) is 3.34. The molecule has 1 heterocycles. The van der Waals surface area contributed by atoms with Crippen LogP contribution in [0.25, 0.3) is 0 Å². The van der Waals surface area contributed by atoms with Crippen molar-refractivity contribution in [3.05, 3.63) is 22.1 Å². The summed E-state index contributed by atoms with van der Waals surface area (Å²) in [6.45, 7) is 7.21. The van der Waals surface area contributed by atoms with E-state index in [0.717, 1.165) is 11.8 Å². The summed E-state index contributed by atoms with van der Waals surface area (Å²) < 4.78 is 0. The second-order valence-electron chi connectivity index (χ2n) is 4.33. The van der Waals surface area contributed by atoms with Crippen LogP contribution in [0.4, 0.5) is 0 Å². The van der Waals surface area contributed by atoms with E-state index in [1.807, 2.05) is 20.8 Å². The molecule has 82 valence electrons. The van der Waals surface area contributed by atoms with Gasteiger partial charge >= 0.3 is 0 Å². The third-order valence-corrected chi connectivity index (χ3v) is 2.83. The van der Waals surface area contributed by atoms with Crippen molar-refractivity contribution < 1.29 is 4.79 Å². The zero-order valence-electron chi connectivity index (χ0n) is 9.25. The number of H-pyrrole nitrogens is 1. The monoisotopic (exact) mass is 226 g/mol. The first kappa shape index (κ1) is 12.0. The molecule has 0 spiro atoms. The number of nitrogens with one attached hydrogen (secondary N) is 1. The average molecular weight is 226 g/mol. The number of carbonyl (C=O) groups is 1. The molecule has 0 aliphatic heterocycles. The molecule has 0 amide bonds. The van der Waals surface area contributed by atoms with E-state index in [1.165, 1.54) is 6.07 Å². The van der Waals surface area contributed by atoms with Gasteiger partial charge in [-0.05, 0) is 18.7 Å². The van der Waals surface area contributed by atoms with E-state index in [4.69, 9.17) is 0 Å². The Bertz CT molecular complexity index is 432. The van der Waals surface area contributed by atoms with Gasteiger partial charge < -0.3 is 4.98 Å². The Balaban J connectivity index is 2.91. The number of aromatic amines is 1. The number of carbonyl (C=O) groups excluding carboxylic acids is 1. The molecule has 4 nitrogen and oxygen atoms in total.